The van der Waals surface area contributed by atoms with E-state index in [9.17, 15) is 13.2 Å². The Morgan fingerprint density at radius 3 is 1.08 bits per heavy atom. The Morgan fingerprint density at radius 1 is 0.415 bits per heavy atom. The molecule has 19 rings (SSSR count). The van der Waals surface area contributed by atoms with Gasteiger partial charge in [0.15, 0.2) is 0 Å². The van der Waals surface area contributed by atoms with Crippen LogP contribution in [-0.2, 0) is 46.7 Å². The largest absolute Gasteiger partial charge is 0.497 e. The van der Waals surface area contributed by atoms with E-state index in [4.69, 9.17) is 62.6 Å². The van der Waals surface area contributed by atoms with Gasteiger partial charge in [0, 0.05) is 225 Å². The summed E-state index contributed by atoms with van der Waals surface area (Å²) in [6.45, 7) is 6.57. The second-order valence-corrected chi connectivity index (χ2v) is 34.7. The zero-order chi connectivity index (χ0) is 94.9. The lowest BCUT2D eigenvalue weighted by Gasteiger charge is -2.29. The maximum absolute atomic E-state index is 11.7. The van der Waals surface area contributed by atoms with Gasteiger partial charge >= 0.3 is 0 Å². The molecule has 8 aromatic heterocycles. The van der Waals surface area contributed by atoms with Crippen molar-refractivity contribution in [1.29, 1.82) is 0 Å². The van der Waals surface area contributed by atoms with Crippen molar-refractivity contribution in [3.05, 3.63) is 220 Å². The fourth-order valence-electron chi connectivity index (χ4n) is 15.7. The Morgan fingerprint density at radius 2 is 0.754 bits per heavy atom. The minimum Gasteiger partial charge on any atom is -0.497 e. The van der Waals surface area contributed by atoms with Crippen LogP contribution in [0.5, 0.6) is 46.0 Å². The standard InChI is InChI=1S/C26H30N6O4S.C25H29N7O3.C25H28N6O2.C23H23N5O3.5CH4.H2S/c1-35-22-10-21(11-23(13-22)36-2)32(16-18-4-5-18)20-6-7-24-25(12-20)30-26(15-27-24)19-14-28-31(17-19)9-8-29-37(3,33)34;1-26-7-8-32(19-9-20(34-3)12-21(10-19)35-4)18-5-6-22-23(11-18)30-24(14-28-22)17-13-29-31(15-17)16-25(33)27-2;1-30-15-17(13-28-30)25-14-27-23-7-6-19(11-24(23)29-25)31(16-18-5-4-8-26-18)20-9-21(32-2)12-22(10-20)33-3;1-27-12-15(10-25-27)23-11-24-21-5-4-16(8-22(21)26-23)28(13-20-14-31-20)17-6-18(29-2)9-19(7-17)30-3;;;;;;/h6-7,10-15,17-18,29H,4-5,8-9,16H2,1-3H3;5-6,9-15,26H,7-8,16H2,1-4H3,(H,27,33);6-7,9-15,18,26H,4-5,8,16H2,1-3H3;4-12,20H,13-14H2,1-3H3;5*1H4;1H2/t;;18-;;;;;;;/m..0......./s1. The first-order valence-corrected chi connectivity index (χ1v) is 46.3. The van der Waals surface area contributed by atoms with Crippen molar-refractivity contribution in [2.24, 2.45) is 20.0 Å². The fourth-order valence-corrected chi connectivity index (χ4v) is 16.1. The van der Waals surface area contributed by atoms with E-state index in [0.29, 0.717) is 41.4 Å². The number of amides is 1. The highest BCUT2D eigenvalue weighted by atomic mass is 32.2. The number of aryl methyl sites for hydroxylation is 2. The summed E-state index contributed by atoms with van der Waals surface area (Å²) in [5, 5.41) is 26.5. The minimum atomic E-state index is -3.24. The summed E-state index contributed by atoms with van der Waals surface area (Å²) in [5.74, 6) is 6.41. The van der Waals surface area contributed by atoms with Gasteiger partial charge in [0.2, 0.25) is 15.9 Å². The van der Waals surface area contributed by atoms with Crippen molar-refractivity contribution < 1.29 is 55.8 Å². The molecule has 1 saturated carbocycles. The molecule has 1 aliphatic carbocycles. The van der Waals surface area contributed by atoms with E-state index in [1.165, 1.54) is 19.3 Å². The summed E-state index contributed by atoms with van der Waals surface area (Å²) in [7, 11) is 17.3. The number of hydrogen-bond acceptors (Lipinski definition) is 30. The summed E-state index contributed by atoms with van der Waals surface area (Å²) in [5.41, 5.74) is 20.8. The van der Waals surface area contributed by atoms with Gasteiger partial charge in [-0.2, -0.15) is 33.9 Å². The van der Waals surface area contributed by atoms with Crippen molar-refractivity contribution in [3.8, 4) is 91.0 Å². The van der Waals surface area contributed by atoms with E-state index >= 15 is 0 Å². The quantitative estimate of drug-likeness (QED) is 0.0268. The van der Waals surface area contributed by atoms with Gasteiger partial charge in [0.25, 0.3) is 0 Å². The first kappa shape index (κ1) is 109. The summed E-state index contributed by atoms with van der Waals surface area (Å²) in [4.78, 5) is 58.4. The third-order valence-corrected chi connectivity index (χ3v) is 23.9. The first-order valence-electron chi connectivity index (χ1n) is 44.4. The van der Waals surface area contributed by atoms with Gasteiger partial charge in [-0.05, 0) is 118 Å². The first-order chi connectivity index (χ1) is 66.1. The third-order valence-electron chi connectivity index (χ3n) is 23.2. The molecule has 142 heavy (non-hydrogen) atoms. The molecule has 0 spiro atoms. The molecule has 752 valence electrons. The molecule has 1 amide bonds. The molecule has 1 unspecified atom stereocenters. The van der Waals surface area contributed by atoms with Gasteiger partial charge in [-0.3, -0.25) is 43.5 Å². The number of carbonyl (C=O) groups is 1. The van der Waals surface area contributed by atoms with Crippen molar-refractivity contribution in [2.75, 3.05) is 149 Å². The monoisotopic (exact) mass is 1970 g/mol. The van der Waals surface area contributed by atoms with Crippen LogP contribution in [0.15, 0.2) is 220 Å². The molecule has 0 radical (unpaired) electrons. The molecule has 2 atom stereocenters. The Kier molecular flexibility index (Phi) is 38.7. The van der Waals surface area contributed by atoms with Crippen LogP contribution in [0.1, 0.15) is 62.8 Å². The van der Waals surface area contributed by atoms with Gasteiger partial charge in [-0.1, -0.05) is 37.1 Å². The predicted octanol–water partition coefficient (Wildman–Crippen LogP) is 17.0. The van der Waals surface area contributed by atoms with Crippen molar-refractivity contribution in [2.45, 2.75) is 88.1 Å². The number of rotatable bonds is 35. The maximum Gasteiger partial charge on any atom is 0.241 e. The molecule has 2 saturated heterocycles. The number of anilines is 8. The Balaban J connectivity index is 0.000000192. The number of nitrogens with zero attached hydrogens (tertiary/aromatic N) is 20. The molecule has 4 N–H and O–H groups in total. The minimum absolute atomic E-state index is 0. The molecule has 36 nitrogen and oxygen atoms in total. The lowest BCUT2D eigenvalue weighted by Crippen LogP contribution is -2.35. The molecule has 3 aliphatic rings. The molecule has 8 aromatic carbocycles. The van der Waals surface area contributed by atoms with Gasteiger partial charge in [0.1, 0.15) is 52.5 Å². The van der Waals surface area contributed by atoms with Gasteiger partial charge in [0.05, 0.1) is 205 Å². The molecule has 2 aliphatic heterocycles. The molecule has 0 bridgehead atoms. The van der Waals surface area contributed by atoms with Gasteiger partial charge in [-0.25, -0.2) is 33.1 Å². The summed E-state index contributed by atoms with van der Waals surface area (Å²) in [6.07, 6.45) is 27.6. The van der Waals surface area contributed by atoms with Crippen LogP contribution in [0.3, 0.4) is 0 Å². The van der Waals surface area contributed by atoms with Crippen LogP contribution in [-0.4, -0.2) is 235 Å². The Hall–Kier alpha value is -14.8. The zero-order valence-corrected chi connectivity index (χ0v) is 80.5. The Labute approximate surface area is 838 Å². The number of benzene rings is 8. The Bertz CT molecular complexity index is 6900. The number of sulfonamides is 1. The number of aromatic nitrogens is 16. The highest BCUT2D eigenvalue weighted by Crippen LogP contribution is 2.43. The van der Waals surface area contributed by atoms with Crippen LogP contribution in [0, 0.1) is 5.92 Å². The summed E-state index contributed by atoms with van der Waals surface area (Å²) < 4.78 is 81.4. The average Bonchev–Trinajstić information content (AvgIpc) is 1.39. The highest BCUT2D eigenvalue weighted by Gasteiger charge is 2.30. The van der Waals surface area contributed by atoms with Gasteiger partial charge in [-0.15, -0.1) is 0 Å². The number of epoxide rings is 1. The predicted molar refractivity (Wildman–Crippen MR) is 570 cm³/mol. The van der Waals surface area contributed by atoms with E-state index in [0.717, 1.165) is 216 Å². The average molecular weight is 1970 g/mol. The van der Waals surface area contributed by atoms with Crippen molar-refractivity contribution in [1.82, 2.24) is 99.7 Å². The molecule has 3 fully saturated rings. The lowest BCUT2D eigenvalue weighted by atomic mass is 10.1. The van der Waals surface area contributed by atoms with Crippen molar-refractivity contribution in [3.63, 3.8) is 0 Å². The zero-order valence-electron chi connectivity index (χ0n) is 78.7. The van der Waals surface area contributed by atoms with Gasteiger partial charge < -0.3 is 78.2 Å². The van der Waals surface area contributed by atoms with Crippen LogP contribution >= 0.6 is 13.5 Å². The maximum atomic E-state index is 11.7. The topological polar surface area (TPSA) is 373 Å². The van der Waals surface area contributed by atoms with Crippen molar-refractivity contribution >= 4 is 119 Å². The smallest absolute Gasteiger partial charge is 0.241 e. The SMILES string of the molecule is C.C.C.C.C.CNCCN(c1cc(OC)cc(OC)c1)c1ccc2ncc(-c3cnn(CC(=O)NC)c3)nc2c1.COc1cc(OC)cc(N(CC2CC2)c2ccc3ncc(-c4cnn(CCNS(C)(=O)=O)c4)nc3c2)c1.COc1cc(OC)cc(N(CC2CO2)c2ccc3ncc(-c4cnn(C)c4)nc3c2)c1.COc1cc(OC)cc(N(C[C@@H]2CCCN2)c2ccc3ncc(-c4cnn(C)c4)nc3c2)c1.S. The number of fused-ring (bicyclic) bond motifs is 4. The normalized spacial score (nSPS) is 13.2. The second kappa shape index (κ2) is 50.3. The number of hydrogen-bond donors (Lipinski definition) is 4. The second-order valence-electron chi connectivity index (χ2n) is 32.8. The molecule has 10 heterocycles. The number of carbonyl (C=O) groups excluding carboxylic acids is 1. The highest BCUT2D eigenvalue weighted by molar-refractivity contribution is 7.88. The molecule has 38 heteroatoms. The third kappa shape index (κ3) is 27.9. The van der Waals surface area contributed by atoms with Crippen LogP contribution in [0.2, 0.25) is 0 Å². The molecule has 16 aromatic rings. The number of ether oxygens (including phenoxy) is 9. The van der Waals surface area contributed by atoms with E-state index in [1.54, 1.807) is 138 Å². The van der Waals surface area contributed by atoms with E-state index < -0.39 is 10.0 Å². The molecular weight excluding hydrogens is 1840 g/mol. The molecular formula is C104H132N24O12S2. The fraction of sp³-hybridized carbons (Fsp3) is 0.337. The van der Waals surface area contributed by atoms with E-state index in [-0.39, 0.29) is 75.7 Å². The number of nitrogens with one attached hydrogen (secondary N) is 4. The van der Waals surface area contributed by atoms with Crippen LogP contribution in [0.25, 0.3) is 89.2 Å². The number of likely N-dealkylation sites (N-methyl/N-ethyl adjacent to an activating group) is 2. The summed E-state index contributed by atoms with van der Waals surface area (Å²) >= 11 is 0. The van der Waals surface area contributed by atoms with Crippen LogP contribution < -0.4 is 78.2 Å². The number of methoxy groups -OCH3 is 8. The van der Waals surface area contributed by atoms with E-state index in [1.807, 2.05) is 149 Å². The van der Waals surface area contributed by atoms with E-state index in [2.05, 4.69) is 117 Å². The lowest BCUT2D eigenvalue weighted by molar-refractivity contribution is -0.121. The van der Waals surface area contributed by atoms with Crippen LogP contribution in [0.4, 0.5) is 45.5 Å². The summed E-state index contributed by atoms with van der Waals surface area (Å²) in [6, 6.07) is 48.4.